The highest BCUT2D eigenvalue weighted by Gasteiger charge is 2.05. The van der Waals surface area contributed by atoms with Crippen molar-refractivity contribution in [1.82, 2.24) is 9.97 Å². The summed E-state index contributed by atoms with van der Waals surface area (Å²) in [6.07, 6.45) is 1.90. The number of H-pyrrole nitrogens is 1. The van der Waals surface area contributed by atoms with E-state index in [0.717, 1.165) is 24.6 Å². The van der Waals surface area contributed by atoms with Gasteiger partial charge in [0.15, 0.2) is 0 Å². The molecule has 2 rings (SSSR count). The minimum absolute atomic E-state index is 0.876. The Morgan fingerprint density at radius 1 is 1.25 bits per heavy atom. The molecule has 0 aliphatic heterocycles. The molecule has 1 aromatic heterocycles. The summed E-state index contributed by atoms with van der Waals surface area (Å²) in [5, 5.41) is 0. The lowest BCUT2D eigenvalue weighted by Crippen LogP contribution is -2.22. The van der Waals surface area contributed by atoms with Crippen molar-refractivity contribution in [3.63, 3.8) is 0 Å². The third-order valence-corrected chi connectivity index (χ3v) is 2.62. The molecule has 1 N–H and O–H groups in total. The molecule has 84 valence electrons. The van der Waals surface area contributed by atoms with E-state index in [1.807, 2.05) is 19.2 Å². The molecule has 0 aliphatic carbocycles. The molecule has 3 nitrogen and oxygen atoms in total. The highest BCUT2D eigenvalue weighted by atomic mass is 15.1. The minimum atomic E-state index is 0.876. The molecule has 0 spiro atoms. The Balaban J connectivity index is 2.12. The zero-order valence-corrected chi connectivity index (χ0v) is 9.77. The van der Waals surface area contributed by atoms with E-state index in [1.54, 1.807) is 0 Å². The van der Waals surface area contributed by atoms with E-state index in [0.29, 0.717) is 0 Å². The summed E-state index contributed by atoms with van der Waals surface area (Å²) in [7, 11) is 0. The van der Waals surface area contributed by atoms with Gasteiger partial charge in [-0.25, -0.2) is 4.98 Å². The molecular weight excluding hydrogens is 198 g/mol. The first kappa shape index (κ1) is 10.7. The van der Waals surface area contributed by atoms with Crippen molar-refractivity contribution >= 4 is 5.69 Å². The summed E-state index contributed by atoms with van der Waals surface area (Å²) >= 11 is 0. The predicted molar refractivity (Wildman–Crippen MR) is 66.5 cm³/mol. The number of imidazole rings is 1. The van der Waals surface area contributed by atoms with Gasteiger partial charge in [-0.1, -0.05) is 18.2 Å². The SMILES string of the molecule is CCN(Cc1cnc(C)[nH]1)c1ccccc1. The minimum Gasteiger partial charge on any atom is -0.366 e. The lowest BCUT2D eigenvalue weighted by Gasteiger charge is -2.22. The molecule has 0 fully saturated rings. The molecule has 0 radical (unpaired) electrons. The van der Waals surface area contributed by atoms with E-state index in [9.17, 15) is 0 Å². The van der Waals surface area contributed by atoms with Crippen molar-refractivity contribution in [3.8, 4) is 0 Å². The molecule has 2 aromatic rings. The molecule has 0 aliphatic rings. The second-order valence-corrected chi connectivity index (χ2v) is 3.84. The standard InChI is InChI=1S/C13H17N3/c1-3-16(13-7-5-4-6-8-13)10-12-9-14-11(2)15-12/h4-9H,3,10H2,1-2H3,(H,14,15). The number of aromatic nitrogens is 2. The van der Waals surface area contributed by atoms with Crippen LogP contribution in [0.5, 0.6) is 0 Å². The van der Waals surface area contributed by atoms with Gasteiger partial charge in [0.2, 0.25) is 0 Å². The van der Waals surface area contributed by atoms with Gasteiger partial charge in [0.1, 0.15) is 5.82 Å². The molecule has 0 bridgehead atoms. The van der Waals surface area contributed by atoms with Gasteiger partial charge in [-0.2, -0.15) is 0 Å². The molecule has 0 atom stereocenters. The number of aromatic amines is 1. The smallest absolute Gasteiger partial charge is 0.103 e. The van der Waals surface area contributed by atoms with Crippen LogP contribution in [0.2, 0.25) is 0 Å². The van der Waals surface area contributed by atoms with E-state index < -0.39 is 0 Å². The number of nitrogens with zero attached hydrogens (tertiary/aromatic N) is 2. The number of anilines is 1. The molecule has 0 saturated heterocycles. The summed E-state index contributed by atoms with van der Waals surface area (Å²) in [5.74, 6) is 0.971. The molecular formula is C13H17N3. The van der Waals surface area contributed by atoms with Crippen molar-refractivity contribution in [2.75, 3.05) is 11.4 Å². The first-order chi connectivity index (χ1) is 7.79. The lowest BCUT2D eigenvalue weighted by molar-refractivity contribution is 0.813. The Morgan fingerprint density at radius 2 is 2.00 bits per heavy atom. The second-order valence-electron chi connectivity index (χ2n) is 3.84. The van der Waals surface area contributed by atoms with E-state index >= 15 is 0 Å². The van der Waals surface area contributed by atoms with Gasteiger partial charge in [-0.05, 0) is 26.0 Å². The maximum atomic E-state index is 4.22. The van der Waals surface area contributed by atoms with E-state index in [2.05, 4.69) is 46.1 Å². The van der Waals surface area contributed by atoms with Gasteiger partial charge in [0.05, 0.1) is 18.4 Å². The number of rotatable bonds is 4. The summed E-state index contributed by atoms with van der Waals surface area (Å²) in [6, 6.07) is 10.4. The maximum absolute atomic E-state index is 4.22. The summed E-state index contributed by atoms with van der Waals surface area (Å²) in [5.41, 5.74) is 2.40. The van der Waals surface area contributed by atoms with Gasteiger partial charge >= 0.3 is 0 Å². The van der Waals surface area contributed by atoms with Crippen molar-refractivity contribution in [2.24, 2.45) is 0 Å². The Hall–Kier alpha value is -1.77. The Labute approximate surface area is 96.1 Å². The van der Waals surface area contributed by atoms with Gasteiger partial charge in [-0.15, -0.1) is 0 Å². The Kier molecular flexibility index (Phi) is 3.25. The van der Waals surface area contributed by atoms with Crippen LogP contribution < -0.4 is 4.90 Å². The number of nitrogens with one attached hydrogen (secondary N) is 1. The monoisotopic (exact) mass is 215 g/mol. The predicted octanol–water partition coefficient (Wildman–Crippen LogP) is 2.74. The normalized spacial score (nSPS) is 10.4. The van der Waals surface area contributed by atoms with Crippen LogP contribution >= 0.6 is 0 Å². The summed E-state index contributed by atoms with van der Waals surface area (Å²) < 4.78 is 0. The average molecular weight is 215 g/mol. The number of hydrogen-bond acceptors (Lipinski definition) is 2. The van der Waals surface area contributed by atoms with Crippen molar-refractivity contribution < 1.29 is 0 Å². The molecule has 0 saturated carbocycles. The fraction of sp³-hybridized carbons (Fsp3) is 0.308. The maximum Gasteiger partial charge on any atom is 0.103 e. The van der Waals surface area contributed by atoms with Gasteiger partial charge in [0.25, 0.3) is 0 Å². The number of para-hydroxylation sites is 1. The largest absolute Gasteiger partial charge is 0.366 e. The summed E-state index contributed by atoms with van der Waals surface area (Å²) in [4.78, 5) is 9.79. The van der Waals surface area contributed by atoms with Crippen LogP contribution in [0, 0.1) is 6.92 Å². The molecule has 1 heterocycles. The fourth-order valence-electron chi connectivity index (χ4n) is 1.78. The zero-order chi connectivity index (χ0) is 11.4. The molecule has 0 unspecified atom stereocenters. The molecule has 16 heavy (non-hydrogen) atoms. The van der Waals surface area contributed by atoms with E-state index in [-0.39, 0.29) is 0 Å². The first-order valence-corrected chi connectivity index (χ1v) is 5.60. The summed E-state index contributed by atoms with van der Waals surface area (Å²) in [6.45, 7) is 6.00. The van der Waals surface area contributed by atoms with Crippen LogP contribution in [0.25, 0.3) is 0 Å². The average Bonchev–Trinajstić information content (AvgIpc) is 2.73. The van der Waals surface area contributed by atoms with Gasteiger partial charge < -0.3 is 9.88 Å². The van der Waals surface area contributed by atoms with Crippen molar-refractivity contribution in [2.45, 2.75) is 20.4 Å². The van der Waals surface area contributed by atoms with Crippen LogP contribution in [0.1, 0.15) is 18.4 Å². The van der Waals surface area contributed by atoms with Crippen LogP contribution in [0.3, 0.4) is 0 Å². The highest BCUT2D eigenvalue weighted by molar-refractivity contribution is 5.45. The van der Waals surface area contributed by atoms with Crippen LogP contribution in [-0.4, -0.2) is 16.5 Å². The van der Waals surface area contributed by atoms with Crippen LogP contribution in [0.4, 0.5) is 5.69 Å². The quantitative estimate of drug-likeness (QED) is 0.850. The number of hydrogen-bond donors (Lipinski definition) is 1. The second kappa shape index (κ2) is 4.84. The van der Waals surface area contributed by atoms with Crippen LogP contribution in [-0.2, 0) is 6.54 Å². The van der Waals surface area contributed by atoms with Crippen LogP contribution in [0.15, 0.2) is 36.5 Å². The van der Waals surface area contributed by atoms with Gasteiger partial charge in [-0.3, -0.25) is 0 Å². The molecule has 1 aromatic carbocycles. The Bertz CT molecular complexity index is 433. The molecule has 3 heteroatoms. The van der Waals surface area contributed by atoms with Crippen molar-refractivity contribution in [1.29, 1.82) is 0 Å². The third kappa shape index (κ3) is 2.42. The zero-order valence-electron chi connectivity index (χ0n) is 9.77. The first-order valence-electron chi connectivity index (χ1n) is 5.60. The van der Waals surface area contributed by atoms with E-state index in [4.69, 9.17) is 0 Å². The molecule has 0 amide bonds. The topological polar surface area (TPSA) is 31.9 Å². The third-order valence-electron chi connectivity index (χ3n) is 2.62. The number of benzene rings is 1. The Morgan fingerprint density at radius 3 is 2.56 bits per heavy atom. The lowest BCUT2D eigenvalue weighted by atomic mass is 10.2. The fourth-order valence-corrected chi connectivity index (χ4v) is 1.78. The van der Waals surface area contributed by atoms with E-state index in [1.165, 1.54) is 5.69 Å². The highest BCUT2D eigenvalue weighted by Crippen LogP contribution is 2.15. The van der Waals surface area contributed by atoms with Crippen molar-refractivity contribution in [3.05, 3.63) is 48.0 Å². The number of aryl methyl sites for hydroxylation is 1. The van der Waals surface area contributed by atoms with Gasteiger partial charge in [0, 0.05) is 12.2 Å².